The zero-order valence-electron chi connectivity index (χ0n) is 14.7. The molecule has 0 aromatic heterocycles. The number of nitrogens with zero attached hydrogens (tertiary/aromatic N) is 1. The minimum Gasteiger partial charge on any atom is -0.381 e. The number of hydrogen-bond acceptors (Lipinski definition) is 3. The lowest BCUT2D eigenvalue weighted by molar-refractivity contribution is 0.0888. The van der Waals surface area contributed by atoms with Crippen molar-refractivity contribution in [1.29, 1.82) is 0 Å². The highest BCUT2D eigenvalue weighted by molar-refractivity contribution is 6.35. The standard InChI is InChI=1S/C18H27Cl2N3O2/c1-2-21-18(23-11-15-4-5-16(19)10-17(15)20)22-7-3-8-24-12-14-6-9-25-13-14/h4-5,10,14H,2-3,6-9,11-13H2,1H3,(H2,21,22,23). The van der Waals surface area contributed by atoms with Gasteiger partial charge in [-0.05, 0) is 37.5 Å². The monoisotopic (exact) mass is 387 g/mol. The fourth-order valence-electron chi connectivity index (χ4n) is 2.50. The molecule has 1 heterocycles. The minimum atomic E-state index is 0.503. The molecule has 1 saturated heterocycles. The highest BCUT2D eigenvalue weighted by Gasteiger charge is 2.15. The van der Waals surface area contributed by atoms with Gasteiger partial charge < -0.3 is 20.1 Å². The molecule has 0 radical (unpaired) electrons. The van der Waals surface area contributed by atoms with E-state index in [4.69, 9.17) is 32.7 Å². The van der Waals surface area contributed by atoms with E-state index in [2.05, 4.69) is 15.6 Å². The molecule has 1 atom stereocenters. The zero-order chi connectivity index (χ0) is 17.9. The summed E-state index contributed by atoms with van der Waals surface area (Å²) in [6, 6.07) is 5.46. The maximum absolute atomic E-state index is 6.19. The summed E-state index contributed by atoms with van der Waals surface area (Å²) in [6.45, 7) is 7.40. The van der Waals surface area contributed by atoms with Crippen LogP contribution < -0.4 is 10.6 Å². The number of guanidine groups is 1. The molecule has 1 aliphatic rings. The second-order valence-electron chi connectivity index (χ2n) is 6.02. The third-order valence-electron chi connectivity index (χ3n) is 3.90. The molecule has 7 heteroatoms. The van der Waals surface area contributed by atoms with Gasteiger partial charge in [0.15, 0.2) is 5.96 Å². The Balaban J connectivity index is 1.68. The first-order valence-corrected chi connectivity index (χ1v) is 9.56. The Morgan fingerprint density at radius 3 is 2.96 bits per heavy atom. The van der Waals surface area contributed by atoms with E-state index in [1.165, 1.54) is 0 Å². The van der Waals surface area contributed by atoms with Crippen LogP contribution in [-0.2, 0) is 16.0 Å². The molecule has 1 fully saturated rings. The van der Waals surface area contributed by atoms with Crippen molar-refractivity contribution < 1.29 is 9.47 Å². The molecule has 0 saturated carbocycles. The van der Waals surface area contributed by atoms with Crippen LogP contribution in [0.5, 0.6) is 0 Å². The lowest BCUT2D eigenvalue weighted by atomic mass is 10.1. The van der Waals surface area contributed by atoms with Crippen LogP contribution in [0, 0.1) is 5.92 Å². The molecule has 2 N–H and O–H groups in total. The molecule has 1 aromatic rings. The van der Waals surface area contributed by atoms with Gasteiger partial charge in [0.05, 0.1) is 19.8 Å². The Kier molecular flexibility index (Phi) is 9.40. The first-order chi connectivity index (χ1) is 12.2. The van der Waals surface area contributed by atoms with E-state index >= 15 is 0 Å². The first-order valence-electron chi connectivity index (χ1n) is 8.80. The minimum absolute atomic E-state index is 0.503. The quantitative estimate of drug-likeness (QED) is 0.386. The van der Waals surface area contributed by atoms with E-state index in [-0.39, 0.29) is 0 Å². The maximum atomic E-state index is 6.19. The van der Waals surface area contributed by atoms with E-state index in [9.17, 15) is 0 Å². The molecular weight excluding hydrogens is 361 g/mol. The molecule has 0 spiro atoms. The van der Waals surface area contributed by atoms with Crippen molar-refractivity contribution in [3.63, 3.8) is 0 Å². The second-order valence-corrected chi connectivity index (χ2v) is 6.86. The van der Waals surface area contributed by atoms with Crippen LogP contribution in [-0.4, -0.2) is 45.5 Å². The Morgan fingerprint density at radius 2 is 2.24 bits per heavy atom. The SMILES string of the molecule is CCNC(=NCc1ccc(Cl)cc1Cl)NCCCOCC1CCOC1. The van der Waals surface area contributed by atoms with Crippen LogP contribution >= 0.6 is 23.2 Å². The number of rotatable bonds is 9. The molecule has 0 aliphatic carbocycles. The highest BCUT2D eigenvalue weighted by Crippen LogP contribution is 2.21. The van der Waals surface area contributed by atoms with Gasteiger partial charge in [0.2, 0.25) is 0 Å². The topological polar surface area (TPSA) is 54.9 Å². The van der Waals surface area contributed by atoms with Crippen molar-refractivity contribution in [3.05, 3.63) is 33.8 Å². The zero-order valence-corrected chi connectivity index (χ0v) is 16.2. The summed E-state index contributed by atoms with van der Waals surface area (Å²) < 4.78 is 11.0. The number of benzene rings is 1. The Labute approximate surface area is 160 Å². The third-order valence-corrected chi connectivity index (χ3v) is 4.49. The van der Waals surface area contributed by atoms with Crippen molar-refractivity contribution >= 4 is 29.2 Å². The van der Waals surface area contributed by atoms with Crippen LogP contribution in [0.1, 0.15) is 25.3 Å². The summed E-state index contributed by atoms with van der Waals surface area (Å²) in [4.78, 5) is 4.56. The van der Waals surface area contributed by atoms with Crippen molar-refractivity contribution in [2.75, 3.05) is 39.5 Å². The molecular formula is C18H27Cl2N3O2. The van der Waals surface area contributed by atoms with Crippen LogP contribution in [0.3, 0.4) is 0 Å². The van der Waals surface area contributed by atoms with Crippen LogP contribution in [0.4, 0.5) is 0 Å². The predicted octanol–water partition coefficient (Wildman–Crippen LogP) is 3.49. The summed E-state index contributed by atoms with van der Waals surface area (Å²) in [5.41, 5.74) is 0.949. The van der Waals surface area contributed by atoms with E-state index in [0.29, 0.717) is 22.5 Å². The normalized spacial score (nSPS) is 17.7. The Morgan fingerprint density at radius 1 is 1.36 bits per heavy atom. The summed E-state index contributed by atoms with van der Waals surface area (Å²) in [7, 11) is 0. The lowest BCUT2D eigenvalue weighted by Gasteiger charge is -2.12. The summed E-state index contributed by atoms with van der Waals surface area (Å²) in [5, 5.41) is 7.81. The first kappa shape index (κ1) is 20.3. The van der Waals surface area contributed by atoms with E-state index in [0.717, 1.165) is 63.9 Å². The van der Waals surface area contributed by atoms with Gasteiger partial charge in [-0.15, -0.1) is 0 Å². The maximum Gasteiger partial charge on any atom is 0.191 e. The summed E-state index contributed by atoms with van der Waals surface area (Å²) in [6.07, 6.45) is 2.04. The fraction of sp³-hybridized carbons (Fsp3) is 0.611. The van der Waals surface area contributed by atoms with Gasteiger partial charge in [0, 0.05) is 42.3 Å². The second kappa shape index (κ2) is 11.6. The average Bonchev–Trinajstić information content (AvgIpc) is 3.10. The largest absolute Gasteiger partial charge is 0.381 e. The molecule has 0 amide bonds. The van der Waals surface area contributed by atoms with Gasteiger partial charge in [0.25, 0.3) is 0 Å². The number of nitrogens with one attached hydrogen (secondary N) is 2. The molecule has 140 valence electrons. The van der Waals surface area contributed by atoms with Gasteiger partial charge in [-0.1, -0.05) is 29.3 Å². The fourth-order valence-corrected chi connectivity index (χ4v) is 2.97. The Bertz CT molecular complexity index is 549. The van der Waals surface area contributed by atoms with Gasteiger partial charge in [-0.2, -0.15) is 0 Å². The molecule has 25 heavy (non-hydrogen) atoms. The Hall–Kier alpha value is -1.01. The third kappa shape index (κ3) is 7.82. The molecule has 2 rings (SSSR count). The van der Waals surface area contributed by atoms with Gasteiger partial charge in [-0.3, -0.25) is 0 Å². The number of halogens is 2. The average molecular weight is 388 g/mol. The molecule has 1 aliphatic heterocycles. The van der Waals surface area contributed by atoms with Crippen LogP contribution in [0.25, 0.3) is 0 Å². The van der Waals surface area contributed by atoms with Gasteiger partial charge >= 0.3 is 0 Å². The lowest BCUT2D eigenvalue weighted by Crippen LogP contribution is -2.38. The number of hydrogen-bond donors (Lipinski definition) is 2. The van der Waals surface area contributed by atoms with Gasteiger partial charge in [0.1, 0.15) is 0 Å². The molecule has 0 bridgehead atoms. The van der Waals surface area contributed by atoms with E-state index < -0.39 is 0 Å². The van der Waals surface area contributed by atoms with E-state index in [1.807, 2.05) is 19.1 Å². The van der Waals surface area contributed by atoms with Crippen molar-refractivity contribution in [1.82, 2.24) is 10.6 Å². The molecule has 5 nitrogen and oxygen atoms in total. The van der Waals surface area contributed by atoms with Gasteiger partial charge in [-0.25, -0.2) is 4.99 Å². The predicted molar refractivity (Wildman–Crippen MR) is 104 cm³/mol. The molecule has 1 unspecified atom stereocenters. The van der Waals surface area contributed by atoms with Crippen molar-refractivity contribution in [2.24, 2.45) is 10.9 Å². The van der Waals surface area contributed by atoms with Crippen LogP contribution in [0.15, 0.2) is 23.2 Å². The van der Waals surface area contributed by atoms with E-state index in [1.54, 1.807) is 6.07 Å². The number of ether oxygens (including phenoxy) is 2. The van der Waals surface area contributed by atoms with Crippen LogP contribution in [0.2, 0.25) is 10.0 Å². The summed E-state index contributed by atoms with van der Waals surface area (Å²) in [5.74, 6) is 1.34. The number of aliphatic imine (C=N–C) groups is 1. The highest BCUT2D eigenvalue weighted by atomic mass is 35.5. The van der Waals surface area contributed by atoms with Crippen molar-refractivity contribution in [3.8, 4) is 0 Å². The summed E-state index contributed by atoms with van der Waals surface area (Å²) >= 11 is 12.1. The smallest absolute Gasteiger partial charge is 0.191 e. The molecule has 1 aromatic carbocycles. The van der Waals surface area contributed by atoms with Crippen molar-refractivity contribution in [2.45, 2.75) is 26.3 Å².